The van der Waals surface area contributed by atoms with Crippen LogP contribution in [0.3, 0.4) is 0 Å². The summed E-state index contributed by atoms with van der Waals surface area (Å²) in [5.74, 6) is 2.75. The first-order chi connectivity index (χ1) is 17.8. The van der Waals surface area contributed by atoms with E-state index in [0.29, 0.717) is 50.3 Å². The molecule has 0 aliphatic carbocycles. The van der Waals surface area contributed by atoms with Crippen molar-refractivity contribution in [1.82, 2.24) is 9.66 Å². The molecule has 0 amide bonds. The molecule has 1 aliphatic heterocycles. The average Bonchev–Trinajstić information content (AvgIpc) is 3.35. The van der Waals surface area contributed by atoms with Crippen LogP contribution < -0.4 is 24.5 Å². The van der Waals surface area contributed by atoms with Crippen LogP contribution in [0.2, 0.25) is 5.02 Å². The van der Waals surface area contributed by atoms with Gasteiger partial charge in [0.2, 0.25) is 6.79 Å². The molecule has 0 atom stereocenters. The number of fused-ring (bicyclic) bond motifs is 2. The maximum Gasteiger partial charge on any atom is 0.282 e. The third-order valence-electron chi connectivity index (χ3n) is 5.74. The first-order valence-electron chi connectivity index (χ1n) is 11.5. The van der Waals surface area contributed by atoms with Gasteiger partial charge in [0.05, 0.1) is 29.2 Å². The van der Waals surface area contributed by atoms with E-state index in [1.165, 1.54) is 11.8 Å². The molecule has 3 aromatic carbocycles. The van der Waals surface area contributed by atoms with E-state index in [9.17, 15) is 4.79 Å². The minimum Gasteiger partial charge on any atom is -0.493 e. The number of benzene rings is 3. The molecule has 8 nitrogen and oxygen atoms in total. The van der Waals surface area contributed by atoms with Gasteiger partial charge < -0.3 is 18.9 Å². The lowest BCUT2D eigenvalue weighted by atomic mass is 10.2. The molecule has 0 bridgehead atoms. The number of hydrogen-bond donors (Lipinski definition) is 0. The second kappa shape index (κ2) is 10.4. The smallest absolute Gasteiger partial charge is 0.282 e. The molecule has 37 heavy (non-hydrogen) atoms. The van der Waals surface area contributed by atoms with E-state index in [2.05, 4.69) is 26.0 Å². The Balaban J connectivity index is 1.44. The van der Waals surface area contributed by atoms with Gasteiger partial charge in [0, 0.05) is 10.4 Å². The van der Waals surface area contributed by atoms with Gasteiger partial charge in [-0.15, -0.1) is 0 Å². The highest BCUT2D eigenvalue weighted by Gasteiger charge is 2.17. The lowest BCUT2D eigenvalue weighted by Gasteiger charge is -2.14. The van der Waals surface area contributed by atoms with Crippen molar-refractivity contribution in [2.24, 2.45) is 5.10 Å². The van der Waals surface area contributed by atoms with Gasteiger partial charge in [0.1, 0.15) is 12.4 Å². The molecule has 1 aliphatic rings. The molecule has 5 rings (SSSR count). The van der Waals surface area contributed by atoms with Crippen molar-refractivity contribution >= 4 is 44.6 Å². The Morgan fingerprint density at radius 2 is 1.97 bits per heavy atom. The van der Waals surface area contributed by atoms with Crippen molar-refractivity contribution in [1.29, 1.82) is 0 Å². The molecule has 190 valence electrons. The van der Waals surface area contributed by atoms with E-state index in [1.807, 2.05) is 44.2 Å². The molecule has 10 heteroatoms. The molecular weight excluding hydrogens is 562 g/mol. The highest BCUT2D eigenvalue weighted by atomic mass is 79.9. The van der Waals surface area contributed by atoms with Crippen molar-refractivity contribution in [2.75, 3.05) is 13.9 Å². The fraction of sp³-hybridized carbons (Fsp3) is 0.222. The normalized spacial score (nSPS) is 12.6. The molecule has 0 saturated heterocycles. The summed E-state index contributed by atoms with van der Waals surface area (Å²) in [5, 5.41) is 5.29. The number of rotatable bonds is 7. The zero-order chi connectivity index (χ0) is 26.1. The lowest BCUT2D eigenvalue weighted by Crippen LogP contribution is -2.23. The van der Waals surface area contributed by atoms with Gasteiger partial charge in [-0.3, -0.25) is 4.79 Å². The number of hydrogen-bond acceptors (Lipinski definition) is 7. The highest BCUT2D eigenvalue weighted by molar-refractivity contribution is 9.10. The van der Waals surface area contributed by atoms with Crippen molar-refractivity contribution < 1.29 is 18.9 Å². The Bertz CT molecular complexity index is 1590. The molecule has 0 N–H and O–H groups in total. The largest absolute Gasteiger partial charge is 0.493 e. The Morgan fingerprint density at radius 1 is 1.16 bits per heavy atom. The van der Waals surface area contributed by atoms with Crippen LogP contribution in [0, 0.1) is 0 Å². The maximum absolute atomic E-state index is 13.3. The van der Waals surface area contributed by atoms with E-state index in [4.69, 9.17) is 30.5 Å². The molecule has 0 spiro atoms. The van der Waals surface area contributed by atoms with Crippen LogP contribution in [0.5, 0.6) is 23.0 Å². The predicted molar refractivity (Wildman–Crippen MR) is 146 cm³/mol. The minimum absolute atomic E-state index is 0.0250. The fourth-order valence-corrected chi connectivity index (χ4v) is 4.55. The molecule has 0 unspecified atom stereocenters. The van der Waals surface area contributed by atoms with Crippen LogP contribution in [0.4, 0.5) is 0 Å². The summed E-state index contributed by atoms with van der Waals surface area (Å²) in [5.41, 5.74) is 1.89. The van der Waals surface area contributed by atoms with Gasteiger partial charge in [-0.05, 0) is 53.6 Å². The summed E-state index contributed by atoms with van der Waals surface area (Å²) in [6.45, 7) is 4.39. The zero-order valence-electron chi connectivity index (χ0n) is 20.3. The van der Waals surface area contributed by atoms with E-state index >= 15 is 0 Å². The monoisotopic (exact) mass is 583 g/mol. The van der Waals surface area contributed by atoms with Crippen LogP contribution in [-0.4, -0.2) is 29.8 Å². The van der Waals surface area contributed by atoms with Crippen molar-refractivity contribution in [3.05, 3.63) is 85.3 Å². The summed E-state index contributed by atoms with van der Waals surface area (Å²) < 4.78 is 24.4. The number of aromatic nitrogens is 2. The van der Waals surface area contributed by atoms with Crippen LogP contribution in [0.25, 0.3) is 10.9 Å². The SMILES string of the molecule is COc1cc(C=Nn2c(C(C)C)nc3ccc(Br)cc3c2=O)cc(Cl)c1OCc1ccc2c(c1)OCO2. The third-order valence-corrected chi connectivity index (χ3v) is 6.52. The van der Waals surface area contributed by atoms with Crippen LogP contribution in [0.15, 0.2) is 62.9 Å². The number of halogens is 2. The zero-order valence-corrected chi connectivity index (χ0v) is 22.7. The van der Waals surface area contributed by atoms with E-state index in [-0.39, 0.29) is 24.9 Å². The van der Waals surface area contributed by atoms with Crippen LogP contribution >= 0.6 is 27.5 Å². The predicted octanol–water partition coefficient (Wildman–Crippen LogP) is 6.13. The minimum atomic E-state index is -0.256. The van der Waals surface area contributed by atoms with Crippen LogP contribution in [0.1, 0.15) is 36.7 Å². The molecule has 2 heterocycles. The second-order valence-corrected chi connectivity index (χ2v) is 9.98. The Labute approximate surface area is 226 Å². The molecular formula is C27H23BrClN3O5. The lowest BCUT2D eigenvalue weighted by molar-refractivity contribution is 0.174. The Kier molecular flexibility index (Phi) is 7.08. The first kappa shape index (κ1) is 25.1. The molecule has 1 aromatic heterocycles. The number of nitrogens with zero attached hydrogens (tertiary/aromatic N) is 3. The third kappa shape index (κ3) is 5.14. The molecule has 4 aromatic rings. The summed E-state index contributed by atoms with van der Waals surface area (Å²) in [6, 6.07) is 14.5. The Morgan fingerprint density at radius 3 is 2.76 bits per heavy atom. The van der Waals surface area contributed by atoms with Gasteiger partial charge >= 0.3 is 0 Å². The van der Waals surface area contributed by atoms with E-state index in [1.54, 1.807) is 24.4 Å². The van der Waals surface area contributed by atoms with E-state index in [0.717, 1.165) is 10.0 Å². The molecule has 0 radical (unpaired) electrons. The fourth-order valence-electron chi connectivity index (χ4n) is 3.92. The van der Waals surface area contributed by atoms with Gasteiger partial charge in [-0.25, -0.2) is 4.98 Å². The average molecular weight is 585 g/mol. The summed E-state index contributed by atoms with van der Waals surface area (Å²) in [4.78, 5) is 17.9. The maximum atomic E-state index is 13.3. The summed E-state index contributed by atoms with van der Waals surface area (Å²) >= 11 is 9.99. The summed E-state index contributed by atoms with van der Waals surface area (Å²) in [7, 11) is 1.53. The van der Waals surface area contributed by atoms with Crippen molar-refractivity contribution in [3.63, 3.8) is 0 Å². The second-order valence-electron chi connectivity index (χ2n) is 8.66. The van der Waals surface area contributed by atoms with Gasteiger partial charge in [0.25, 0.3) is 5.56 Å². The molecule has 0 saturated carbocycles. The quantitative estimate of drug-likeness (QED) is 0.243. The van der Waals surface area contributed by atoms with Gasteiger partial charge in [-0.1, -0.05) is 47.4 Å². The van der Waals surface area contributed by atoms with Crippen LogP contribution in [-0.2, 0) is 6.61 Å². The standard InChI is InChI=1S/C27H23BrClN3O5/c1-15(2)26-31-21-6-5-18(28)11-19(21)27(33)32(26)30-12-17-8-20(29)25(24(10-17)34-3)35-13-16-4-7-22-23(9-16)37-14-36-22/h4-12,15H,13-14H2,1-3H3. The number of methoxy groups -OCH3 is 1. The Hall–Kier alpha value is -3.56. The topological polar surface area (TPSA) is 84.2 Å². The van der Waals surface area contributed by atoms with Crippen molar-refractivity contribution in [2.45, 2.75) is 26.4 Å². The number of ether oxygens (including phenoxy) is 4. The summed E-state index contributed by atoms with van der Waals surface area (Å²) in [6.07, 6.45) is 1.55. The van der Waals surface area contributed by atoms with Gasteiger partial charge in [0.15, 0.2) is 23.0 Å². The van der Waals surface area contributed by atoms with Gasteiger partial charge in [-0.2, -0.15) is 9.78 Å². The molecule has 0 fully saturated rings. The first-order valence-corrected chi connectivity index (χ1v) is 12.7. The highest BCUT2D eigenvalue weighted by Crippen LogP contribution is 2.38. The van der Waals surface area contributed by atoms with E-state index < -0.39 is 0 Å². The van der Waals surface area contributed by atoms with Crippen molar-refractivity contribution in [3.8, 4) is 23.0 Å².